The molecule has 3 heteroatoms. The summed E-state index contributed by atoms with van der Waals surface area (Å²) >= 11 is 0. The molecule has 3 rings (SSSR count). The smallest absolute Gasteiger partial charge is 0.294 e. The second-order valence-corrected chi connectivity index (χ2v) is 4.56. The van der Waals surface area contributed by atoms with Gasteiger partial charge in [-0.2, -0.15) is 9.84 Å². The molecule has 0 radical (unpaired) electrons. The first-order chi connectivity index (χ1) is 9.20. The lowest BCUT2D eigenvalue weighted by atomic mass is 10.1. The first-order valence-corrected chi connectivity index (χ1v) is 6.09. The van der Waals surface area contributed by atoms with Crippen LogP contribution in [0.5, 0.6) is 5.75 Å². The van der Waals surface area contributed by atoms with Gasteiger partial charge in [0.05, 0.1) is 0 Å². The maximum Gasteiger partial charge on any atom is 0.294 e. The Hall–Kier alpha value is -2.60. The summed E-state index contributed by atoms with van der Waals surface area (Å²) in [4.78, 5) is 0. The van der Waals surface area contributed by atoms with E-state index < -0.39 is 0 Å². The predicted molar refractivity (Wildman–Crippen MR) is 73.7 cm³/mol. The number of ether oxygens (including phenoxy) is 1. The Morgan fingerprint density at radius 1 is 1.21 bits per heavy atom. The molecule has 2 aliphatic rings. The van der Waals surface area contributed by atoms with E-state index in [-0.39, 0.29) is 0 Å². The zero-order valence-electron chi connectivity index (χ0n) is 10.8. The van der Waals surface area contributed by atoms with Crippen LogP contribution in [0.4, 0.5) is 0 Å². The van der Waals surface area contributed by atoms with Crippen molar-refractivity contribution in [2.45, 2.75) is 6.92 Å². The van der Waals surface area contributed by atoms with Crippen LogP contribution in [0.2, 0.25) is 0 Å². The average molecular weight is 249 g/mol. The molecule has 1 aromatic carbocycles. The third-order valence-corrected chi connectivity index (χ3v) is 3.40. The number of nitrogens with zero attached hydrogens (tertiary/aromatic N) is 2. The molecule has 0 aromatic heterocycles. The van der Waals surface area contributed by atoms with Gasteiger partial charge in [-0.05, 0) is 18.2 Å². The first kappa shape index (κ1) is 11.5. The molecule has 92 valence electrons. The quantitative estimate of drug-likeness (QED) is 0.663. The minimum Gasteiger partial charge on any atom is -0.456 e. The van der Waals surface area contributed by atoms with Crippen LogP contribution in [0.1, 0.15) is 12.5 Å². The summed E-state index contributed by atoms with van der Waals surface area (Å²) in [6.07, 6.45) is 5.90. The van der Waals surface area contributed by atoms with Crippen molar-refractivity contribution >= 4 is 11.8 Å². The first-order valence-electron chi connectivity index (χ1n) is 6.09. The number of allylic oxidation sites excluding steroid dienone is 4. The van der Waals surface area contributed by atoms with Crippen LogP contribution < -0.4 is 4.74 Å². The molecule has 2 aliphatic heterocycles. The zero-order valence-corrected chi connectivity index (χ0v) is 10.8. The molecule has 0 amide bonds. The number of nitriles is 1. The van der Waals surface area contributed by atoms with Crippen LogP contribution in [-0.2, 0) is 0 Å². The molecular weight excluding hydrogens is 236 g/mol. The largest absolute Gasteiger partial charge is 0.456 e. The Kier molecular flexibility index (Phi) is 2.57. The number of rotatable bonds is 0. The molecule has 0 aliphatic carbocycles. The second-order valence-electron chi connectivity index (χ2n) is 4.56. The highest BCUT2D eigenvalue weighted by molar-refractivity contribution is 6.12. The monoisotopic (exact) mass is 249 g/mol. The molecule has 0 N–H and O–H groups in total. The van der Waals surface area contributed by atoms with Crippen molar-refractivity contribution < 1.29 is 9.31 Å². The Labute approximate surface area is 112 Å². The fourth-order valence-electron chi connectivity index (χ4n) is 2.23. The van der Waals surface area contributed by atoms with E-state index in [1.807, 2.05) is 61.0 Å². The number of para-hydroxylation sites is 1. The van der Waals surface area contributed by atoms with Gasteiger partial charge in [-0.3, -0.25) is 0 Å². The normalized spacial score (nSPS) is 20.8. The minimum absolute atomic E-state index is 0.622. The highest BCUT2D eigenvalue weighted by Crippen LogP contribution is 2.30. The fourth-order valence-corrected chi connectivity index (χ4v) is 2.23. The van der Waals surface area contributed by atoms with Crippen molar-refractivity contribution in [1.82, 2.24) is 0 Å². The number of fused-ring (bicyclic) bond motifs is 1. The summed E-state index contributed by atoms with van der Waals surface area (Å²) in [5, 5.41) is 9.27. The van der Waals surface area contributed by atoms with E-state index in [0.717, 1.165) is 28.3 Å². The molecule has 2 heterocycles. The lowest BCUT2D eigenvalue weighted by Crippen LogP contribution is -2.12. The average Bonchev–Trinajstić information content (AvgIpc) is 2.74. The summed E-state index contributed by atoms with van der Waals surface area (Å²) in [6, 6.07) is 10.1. The van der Waals surface area contributed by atoms with Crippen LogP contribution in [0.15, 0.2) is 53.4 Å². The molecule has 19 heavy (non-hydrogen) atoms. The van der Waals surface area contributed by atoms with Crippen molar-refractivity contribution in [2.24, 2.45) is 0 Å². The summed E-state index contributed by atoms with van der Waals surface area (Å²) < 4.78 is 7.77. The summed E-state index contributed by atoms with van der Waals surface area (Å²) in [6.45, 7) is 1.98. The third-order valence-electron chi connectivity index (χ3n) is 3.40. The van der Waals surface area contributed by atoms with Gasteiger partial charge >= 0.3 is 0 Å². The standard InChI is InChI=1S/C16H13N2O/c1-11-9-13(14(10-17)18(11)2)16-8-7-12-5-3-4-6-15(12)19-16/h3-9H,1-2H3/q+1/b16-13-. The minimum atomic E-state index is 0.622. The van der Waals surface area contributed by atoms with E-state index in [1.54, 1.807) is 0 Å². The van der Waals surface area contributed by atoms with Crippen molar-refractivity contribution in [2.75, 3.05) is 7.05 Å². The molecule has 0 bridgehead atoms. The summed E-state index contributed by atoms with van der Waals surface area (Å²) in [5.74, 6) is 1.55. The molecular formula is C16H13N2O+. The SMILES string of the molecule is CC1=C/C(=C2\C=Cc3ccccc3O2)C(C#N)=[N+]1C. The maximum atomic E-state index is 9.27. The van der Waals surface area contributed by atoms with Gasteiger partial charge in [-0.25, -0.2) is 0 Å². The molecule has 1 aromatic rings. The van der Waals surface area contributed by atoms with Crippen molar-refractivity contribution in [3.8, 4) is 11.8 Å². The number of hydrogen-bond acceptors (Lipinski definition) is 2. The van der Waals surface area contributed by atoms with E-state index in [1.165, 1.54) is 0 Å². The molecule has 0 atom stereocenters. The molecule has 0 saturated heterocycles. The van der Waals surface area contributed by atoms with E-state index >= 15 is 0 Å². The van der Waals surface area contributed by atoms with Crippen LogP contribution in [0.3, 0.4) is 0 Å². The van der Waals surface area contributed by atoms with Gasteiger partial charge in [0.15, 0.2) is 11.8 Å². The zero-order chi connectivity index (χ0) is 13.4. The number of hydrogen-bond donors (Lipinski definition) is 0. The number of benzene rings is 1. The van der Waals surface area contributed by atoms with Gasteiger partial charge < -0.3 is 4.74 Å². The lowest BCUT2D eigenvalue weighted by Gasteiger charge is -2.14. The second kappa shape index (κ2) is 4.25. The topological polar surface area (TPSA) is 36.0 Å². The van der Waals surface area contributed by atoms with Crippen molar-refractivity contribution in [3.05, 3.63) is 59.0 Å². The Bertz CT molecular complexity index is 727. The van der Waals surface area contributed by atoms with Crippen LogP contribution in [0, 0.1) is 11.3 Å². The van der Waals surface area contributed by atoms with Gasteiger partial charge in [0.25, 0.3) is 5.71 Å². The lowest BCUT2D eigenvalue weighted by molar-refractivity contribution is -0.438. The maximum absolute atomic E-state index is 9.27. The molecule has 0 fully saturated rings. The predicted octanol–water partition coefficient (Wildman–Crippen LogP) is 2.87. The Morgan fingerprint density at radius 3 is 2.79 bits per heavy atom. The van der Waals surface area contributed by atoms with Crippen molar-refractivity contribution in [1.29, 1.82) is 5.26 Å². The molecule has 0 unspecified atom stereocenters. The summed E-state index contributed by atoms with van der Waals surface area (Å²) in [5.41, 5.74) is 3.55. The Balaban J connectivity index is 2.12. The Morgan fingerprint density at radius 2 is 2.00 bits per heavy atom. The van der Waals surface area contributed by atoms with Gasteiger partial charge in [0.1, 0.15) is 24.1 Å². The third kappa shape index (κ3) is 1.78. The molecule has 0 spiro atoms. The fraction of sp³-hybridized carbons (Fsp3) is 0.125. The van der Waals surface area contributed by atoms with Gasteiger partial charge in [-0.1, -0.05) is 18.2 Å². The van der Waals surface area contributed by atoms with Crippen LogP contribution in [0.25, 0.3) is 6.08 Å². The molecule has 3 nitrogen and oxygen atoms in total. The van der Waals surface area contributed by atoms with Crippen LogP contribution >= 0.6 is 0 Å². The van der Waals surface area contributed by atoms with E-state index in [2.05, 4.69) is 6.07 Å². The van der Waals surface area contributed by atoms with E-state index in [4.69, 9.17) is 4.74 Å². The highest BCUT2D eigenvalue weighted by atomic mass is 16.5. The van der Waals surface area contributed by atoms with Gasteiger partial charge in [-0.15, -0.1) is 0 Å². The van der Waals surface area contributed by atoms with Crippen LogP contribution in [-0.4, -0.2) is 17.3 Å². The van der Waals surface area contributed by atoms with Crippen molar-refractivity contribution in [3.63, 3.8) is 0 Å². The van der Waals surface area contributed by atoms with Gasteiger partial charge in [0, 0.05) is 18.6 Å². The van der Waals surface area contributed by atoms with E-state index in [0.29, 0.717) is 5.71 Å². The summed E-state index contributed by atoms with van der Waals surface area (Å²) in [7, 11) is 1.89. The molecule has 0 saturated carbocycles. The highest BCUT2D eigenvalue weighted by Gasteiger charge is 2.29. The van der Waals surface area contributed by atoms with Gasteiger partial charge in [0.2, 0.25) is 0 Å². The van der Waals surface area contributed by atoms with E-state index in [9.17, 15) is 5.26 Å².